The summed E-state index contributed by atoms with van der Waals surface area (Å²) in [5.41, 5.74) is 0.341. The number of halogens is 1. The molecule has 1 aliphatic heterocycles. The maximum absolute atomic E-state index is 13.3. The zero-order valence-electron chi connectivity index (χ0n) is 17.0. The van der Waals surface area contributed by atoms with Gasteiger partial charge in [-0.2, -0.15) is 0 Å². The van der Waals surface area contributed by atoms with Crippen molar-refractivity contribution in [1.82, 2.24) is 14.5 Å². The van der Waals surface area contributed by atoms with E-state index in [1.807, 2.05) is 0 Å². The highest BCUT2D eigenvalue weighted by Gasteiger charge is 2.29. The van der Waals surface area contributed by atoms with E-state index in [1.54, 1.807) is 13.0 Å². The molecule has 2 aromatic heterocycles. The van der Waals surface area contributed by atoms with Crippen molar-refractivity contribution < 1.29 is 14.3 Å². The Kier molecular flexibility index (Phi) is 4.74. The van der Waals surface area contributed by atoms with Crippen LogP contribution in [0.3, 0.4) is 0 Å². The number of nitrogens with one attached hydrogen (secondary N) is 3. The summed E-state index contributed by atoms with van der Waals surface area (Å²) in [6.45, 7) is 1.90. The minimum atomic E-state index is -0.683. The van der Waals surface area contributed by atoms with Gasteiger partial charge in [-0.05, 0) is 31.9 Å². The molecule has 0 bridgehead atoms. The van der Waals surface area contributed by atoms with Gasteiger partial charge in [-0.1, -0.05) is 11.6 Å². The lowest BCUT2D eigenvalue weighted by atomic mass is 10.1. The molecule has 0 atom stereocenters. The zero-order valence-corrected chi connectivity index (χ0v) is 17.7. The van der Waals surface area contributed by atoms with Crippen molar-refractivity contribution in [2.45, 2.75) is 32.2 Å². The fraction of sp³-hybridized carbons (Fsp3) is 0.286. The summed E-state index contributed by atoms with van der Waals surface area (Å²) in [6, 6.07) is 4.58. The fourth-order valence-corrected chi connectivity index (χ4v) is 3.95. The number of nitrogens with zero attached hydrogens (tertiary/aromatic N) is 2. The van der Waals surface area contributed by atoms with E-state index in [4.69, 9.17) is 16.3 Å². The summed E-state index contributed by atoms with van der Waals surface area (Å²) in [5.74, 6) is -0.328. The van der Waals surface area contributed by atoms with Crippen molar-refractivity contribution in [2.75, 3.05) is 17.2 Å². The van der Waals surface area contributed by atoms with Crippen LogP contribution in [-0.2, 0) is 11.3 Å². The summed E-state index contributed by atoms with van der Waals surface area (Å²) in [5, 5.41) is 5.57. The third-order valence-corrected chi connectivity index (χ3v) is 5.79. The molecule has 1 aliphatic carbocycles. The lowest BCUT2D eigenvalue weighted by molar-refractivity contribution is -0.118. The lowest BCUT2D eigenvalue weighted by Crippen LogP contribution is -2.32. The molecule has 1 aromatic carbocycles. The molecule has 1 saturated carbocycles. The number of aromatic amines is 1. The molecule has 3 aromatic rings. The van der Waals surface area contributed by atoms with Crippen LogP contribution in [-0.4, -0.2) is 33.0 Å². The van der Waals surface area contributed by atoms with Gasteiger partial charge in [-0.15, -0.1) is 0 Å². The Morgan fingerprint density at radius 2 is 2.06 bits per heavy atom. The Morgan fingerprint density at radius 3 is 2.78 bits per heavy atom. The van der Waals surface area contributed by atoms with E-state index in [9.17, 15) is 19.2 Å². The van der Waals surface area contributed by atoms with Gasteiger partial charge in [0.2, 0.25) is 0 Å². The normalized spacial score (nSPS) is 15.1. The maximum atomic E-state index is 13.3. The fourth-order valence-electron chi connectivity index (χ4n) is 3.74. The van der Waals surface area contributed by atoms with Crippen LogP contribution >= 0.6 is 11.6 Å². The van der Waals surface area contributed by atoms with Crippen LogP contribution in [0.1, 0.15) is 41.7 Å². The number of carbonyl (C=O) groups is 2. The predicted molar refractivity (Wildman–Crippen MR) is 118 cm³/mol. The van der Waals surface area contributed by atoms with Crippen molar-refractivity contribution in [2.24, 2.45) is 0 Å². The lowest BCUT2D eigenvalue weighted by Gasteiger charge is -2.20. The highest BCUT2D eigenvalue weighted by molar-refractivity contribution is 6.34. The number of rotatable bonds is 4. The summed E-state index contributed by atoms with van der Waals surface area (Å²) >= 11 is 6.30. The largest absolute Gasteiger partial charge is 0.482 e. The van der Waals surface area contributed by atoms with E-state index in [2.05, 4.69) is 20.6 Å². The van der Waals surface area contributed by atoms with Crippen LogP contribution in [0.4, 0.5) is 11.4 Å². The average molecular weight is 456 g/mol. The van der Waals surface area contributed by atoms with Gasteiger partial charge in [0, 0.05) is 24.2 Å². The van der Waals surface area contributed by atoms with Crippen molar-refractivity contribution in [3.8, 4) is 5.75 Å². The number of hydrogen-bond donors (Lipinski definition) is 3. The third-order valence-electron chi connectivity index (χ3n) is 5.48. The van der Waals surface area contributed by atoms with Crippen molar-refractivity contribution >= 4 is 45.8 Å². The second kappa shape index (κ2) is 7.49. The molecule has 11 heteroatoms. The number of carbonyl (C=O) groups excluding carboxylic acids is 2. The molecule has 0 radical (unpaired) electrons. The predicted octanol–water partition coefficient (Wildman–Crippen LogP) is 2.22. The molecule has 0 saturated heterocycles. The number of aryl methyl sites for hydroxylation is 1. The quantitative estimate of drug-likeness (QED) is 0.552. The summed E-state index contributed by atoms with van der Waals surface area (Å²) in [4.78, 5) is 56.5. The Labute approximate surface area is 185 Å². The van der Waals surface area contributed by atoms with Crippen molar-refractivity contribution in [3.05, 3.63) is 55.3 Å². The van der Waals surface area contributed by atoms with Gasteiger partial charge in [0.05, 0.1) is 27.3 Å². The zero-order chi connectivity index (χ0) is 22.6. The highest BCUT2D eigenvalue weighted by atomic mass is 35.5. The van der Waals surface area contributed by atoms with E-state index in [0.29, 0.717) is 17.1 Å². The van der Waals surface area contributed by atoms with E-state index in [-0.39, 0.29) is 52.3 Å². The number of anilines is 2. The second-order valence-corrected chi connectivity index (χ2v) is 8.10. The minimum absolute atomic E-state index is 0.0333. The maximum Gasteiger partial charge on any atom is 0.329 e. The summed E-state index contributed by atoms with van der Waals surface area (Å²) < 4.78 is 6.72. The number of ether oxygens (including phenoxy) is 1. The smallest absolute Gasteiger partial charge is 0.329 e. The van der Waals surface area contributed by atoms with Gasteiger partial charge in [0.25, 0.3) is 17.4 Å². The molecule has 164 valence electrons. The van der Waals surface area contributed by atoms with Gasteiger partial charge in [0.15, 0.2) is 12.3 Å². The summed E-state index contributed by atoms with van der Waals surface area (Å²) in [7, 11) is 0. The SMILES string of the molecule is CCn1c(=O)[nH]c(=O)c2c(C(=O)Nc3cc4c(cc3Cl)NC(=O)CO4)cc(C3CC3)nc21. The average Bonchev–Trinajstić information content (AvgIpc) is 3.59. The molecule has 5 rings (SSSR count). The van der Waals surface area contributed by atoms with E-state index in [1.165, 1.54) is 16.7 Å². The Bertz CT molecular complexity index is 1420. The Morgan fingerprint density at radius 1 is 1.28 bits per heavy atom. The van der Waals surface area contributed by atoms with Crippen LogP contribution < -0.4 is 26.6 Å². The molecule has 1 fully saturated rings. The molecule has 0 spiro atoms. The Balaban J connectivity index is 1.62. The standard InChI is InChI=1S/C21H18ClN5O5/c1-2-27-18-17(20(30)26-21(27)31)10(5-12(24-18)9-3-4-9)19(29)25-13-7-15-14(6-11(13)22)23-16(28)8-32-15/h5-7,9H,2-4,8H2,1H3,(H,23,28)(H,25,29)(H,26,30,31). The molecule has 32 heavy (non-hydrogen) atoms. The molecule has 3 heterocycles. The number of benzene rings is 1. The Hall–Kier alpha value is -3.66. The molecular formula is C21H18ClN5O5. The third kappa shape index (κ3) is 3.42. The molecule has 0 unspecified atom stereocenters. The van der Waals surface area contributed by atoms with Gasteiger partial charge >= 0.3 is 5.69 Å². The molecule has 2 aliphatic rings. The number of amides is 2. The first-order valence-corrected chi connectivity index (χ1v) is 10.5. The van der Waals surface area contributed by atoms with Gasteiger partial charge in [-0.25, -0.2) is 9.78 Å². The number of fused-ring (bicyclic) bond motifs is 2. The number of H-pyrrole nitrogens is 1. The van der Waals surface area contributed by atoms with Crippen LogP contribution in [0.15, 0.2) is 27.8 Å². The number of aromatic nitrogens is 3. The van der Waals surface area contributed by atoms with Crippen LogP contribution in [0, 0.1) is 0 Å². The monoisotopic (exact) mass is 455 g/mol. The number of hydrogen-bond acceptors (Lipinski definition) is 6. The first-order chi connectivity index (χ1) is 15.4. The van der Waals surface area contributed by atoms with E-state index < -0.39 is 17.2 Å². The topological polar surface area (TPSA) is 135 Å². The molecule has 2 amide bonds. The highest BCUT2D eigenvalue weighted by Crippen LogP contribution is 2.40. The first-order valence-electron chi connectivity index (χ1n) is 10.1. The van der Waals surface area contributed by atoms with Crippen LogP contribution in [0.25, 0.3) is 11.0 Å². The van der Waals surface area contributed by atoms with E-state index in [0.717, 1.165) is 12.8 Å². The molecule has 10 nitrogen and oxygen atoms in total. The van der Waals surface area contributed by atoms with Gasteiger partial charge < -0.3 is 15.4 Å². The van der Waals surface area contributed by atoms with Crippen molar-refractivity contribution in [1.29, 1.82) is 0 Å². The first kappa shape index (κ1) is 20.3. The van der Waals surface area contributed by atoms with Gasteiger partial charge in [0.1, 0.15) is 5.75 Å². The van der Waals surface area contributed by atoms with Gasteiger partial charge in [-0.3, -0.25) is 23.9 Å². The minimum Gasteiger partial charge on any atom is -0.482 e. The summed E-state index contributed by atoms with van der Waals surface area (Å²) in [6.07, 6.45) is 1.86. The second-order valence-electron chi connectivity index (χ2n) is 7.69. The van der Waals surface area contributed by atoms with Crippen LogP contribution in [0.2, 0.25) is 5.02 Å². The molecular weight excluding hydrogens is 438 g/mol. The number of pyridine rings is 1. The molecule has 3 N–H and O–H groups in total. The van der Waals surface area contributed by atoms with Crippen molar-refractivity contribution in [3.63, 3.8) is 0 Å². The van der Waals surface area contributed by atoms with Crippen LogP contribution in [0.5, 0.6) is 5.75 Å². The van der Waals surface area contributed by atoms with E-state index >= 15 is 0 Å².